The quantitative estimate of drug-likeness (QED) is 0.318. The van der Waals surface area contributed by atoms with Crippen molar-refractivity contribution in [2.75, 3.05) is 82.6 Å². The molecule has 0 saturated heterocycles. The Morgan fingerprint density at radius 3 is 0.600 bits per heavy atom. The van der Waals surface area contributed by atoms with Gasteiger partial charge in [-0.3, -0.25) is 0 Å². The van der Waals surface area contributed by atoms with Gasteiger partial charge < -0.3 is 36.1 Å². The molecule has 0 fully saturated rings. The van der Waals surface area contributed by atoms with Gasteiger partial charge in [0.1, 0.15) is 0 Å². The average Bonchev–Trinajstić information content (AvgIpc) is 2.47. The molecule has 0 aliphatic carbocycles. The largest absolute Gasteiger partial charge is 2.00 e. The van der Waals surface area contributed by atoms with E-state index in [0.717, 1.165) is 26.2 Å². The summed E-state index contributed by atoms with van der Waals surface area (Å²) in [4.78, 5) is 8.72. The van der Waals surface area contributed by atoms with Crippen molar-refractivity contribution in [1.29, 1.82) is 0 Å². The molecule has 0 spiro atoms. The average molecular weight is 595 g/mol. The van der Waals surface area contributed by atoms with Crippen LogP contribution >= 0.6 is 0 Å². The third-order valence-corrected chi connectivity index (χ3v) is 8.03. The van der Waals surface area contributed by atoms with Crippen LogP contribution in [0.2, 0.25) is 39.3 Å². The van der Waals surface area contributed by atoms with E-state index >= 15 is 0 Å². The van der Waals surface area contributed by atoms with Gasteiger partial charge in [-0.2, -0.15) is 41.5 Å². The monoisotopic (exact) mass is 593 g/mol. The maximum atomic E-state index is 4.82. The van der Waals surface area contributed by atoms with Gasteiger partial charge in [0, 0.05) is 26.2 Å². The zero-order chi connectivity index (χ0) is 28.0. The summed E-state index contributed by atoms with van der Waals surface area (Å²) in [5.74, 6) is 2.83. The molecule has 0 unspecified atom stereocenters. The molecule has 0 heterocycles. The Morgan fingerprint density at radius 1 is 0.457 bits per heavy atom. The SMILES string of the molecule is CN(C)CCN(C)C.CN(C)CCN(C)C.C[C-](C)C.C[C-](C)C.C[Si](C)(C)[N-][Si](C)(C)C.[Na+].[Zn+2]. The van der Waals surface area contributed by atoms with Crippen LogP contribution in [-0.4, -0.2) is 119 Å². The van der Waals surface area contributed by atoms with Gasteiger partial charge in [0.25, 0.3) is 0 Å². The first kappa shape index (κ1) is 53.2. The van der Waals surface area contributed by atoms with Gasteiger partial charge in [0.2, 0.25) is 0 Å². The first-order valence-corrected chi connectivity index (χ1v) is 19.2. The summed E-state index contributed by atoms with van der Waals surface area (Å²) < 4.78 is 4.82. The molecule has 0 aliphatic rings. The molecule has 208 valence electrons. The van der Waals surface area contributed by atoms with Crippen molar-refractivity contribution < 1.29 is 49.0 Å². The summed E-state index contributed by atoms with van der Waals surface area (Å²) in [6.07, 6.45) is 0. The van der Waals surface area contributed by atoms with Gasteiger partial charge in [-0.15, -0.1) is 0 Å². The van der Waals surface area contributed by atoms with E-state index in [1.165, 1.54) is 11.8 Å². The molecule has 0 rings (SSSR count). The zero-order valence-corrected chi connectivity index (χ0v) is 35.7. The van der Waals surface area contributed by atoms with Crippen LogP contribution in [0, 0.1) is 11.8 Å². The maximum Gasteiger partial charge on any atom is 2.00 e. The minimum Gasteiger partial charge on any atom is -0.668 e. The van der Waals surface area contributed by atoms with E-state index in [4.69, 9.17) is 4.65 Å². The van der Waals surface area contributed by atoms with Gasteiger partial charge in [0.05, 0.1) is 0 Å². The Balaban J connectivity index is -0.0000000571. The molecular weight excluding hydrogens is 527 g/mol. The molecule has 0 bridgehead atoms. The van der Waals surface area contributed by atoms with Crippen LogP contribution in [0.25, 0.3) is 4.65 Å². The van der Waals surface area contributed by atoms with E-state index in [-0.39, 0.29) is 49.0 Å². The fourth-order valence-electron chi connectivity index (χ4n) is 1.81. The van der Waals surface area contributed by atoms with Gasteiger partial charge in [-0.05, 0) is 56.4 Å². The van der Waals surface area contributed by atoms with E-state index in [2.05, 4.69) is 157 Å². The third kappa shape index (κ3) is 129. The number of nitrogens with zero attached hydrogens (tertiary/aromatic N) is 5. The van der Waals surface area contributed by atoms with E-state index in [9.17, 15) is 0 Å². The topological polar surface area (TPSA) is 27.1 Å². The Hall–Kier alpha value is 1.86. The molecular formula is C26H68N5NaSi2Zn. The summed E-state index contributed by atoms with van der Waals surface area (Å²) in [7, 11) is 14.5. The van der Waals surface area contributed by atoms with Crippen molar-refractivity contribution >= 4 is 16.5 Å². The first-order valence-electron chi connectivity index (χ1n) is 12.3. The maximum absolute atomic E-state index is 4.82. The van der Waals surface area contributed by atoms with Crippen LogP contribution in [0.1, 0.15) is 41.5 Å². The number of likely N-dealkylation sites (N-methyl/N-ethyl adjacent to an activating group) is 4. The van der Waals surface area contributed by atoms with E-state index < -0.39 is 16.5 Å². The molecule has 0 aliphatic heterocycles. The van der Waals surface area contributed by atoms with E-state index in [0.29, 0.717) is 0 Å². The molecule has 0 aromatic heterocycles. The predicted molar refractivity (Wildman–Crippen MR) is 165 cm³/mol. The second kappa shape index (κ2) is 32.1. The molecule has 0 N–H and O–H groups in total. The second-order valence-electron chi connectivity index (χ2n) is 12.7. The molecule has 0 radical (unpaired) electrons. The Kier molecular flexibility index (Phi) is 48.7. The molecule has 0 aromatic rings. The van der Waals surface area contributed by atoms with Crippen LogP contribution in [-0.2, 0) is 19.5 Å². The van der Waals surface area contributed by atoms with Gasteiger partial charge in [-0.25, -0.2) is 0 Å². The minimum absolute atomic E-state index is 0. The van der Waals surface area contributed by atoms with Crippen LogP contribution in [0.3, 0.4) is 0 Å². The molecule has 0 saturated carbocycles. The van der Waals surface area contributed by atoms with Gasteiger partial charge in [0.15, 0.2) is 0 Å². The minimum atomic E-state index is -1.11. The second-order valence-corrected chi connectivity index (χ2v) is 22.2. The Labute approximate surface area is 263 Å². The van der Waals surface area contributed by atoms with Crippen LogP contribution < -0.4 is 29.6 Å². The summed E-state index contributed by atoms with van der Waals surface area (Å²) in [5.41, 5.74) is 0. The van der Waals surface area contributed by atoms with Crippen molar-refractivity contribution in [3.8, 4) is 0 Å². The molecule has 35 heavy (non-hydrogen) atoms. The summed E-state index contributed by atoms with van der Waals surface area (Å²) in [5, 5.41) is 0. The van der Waals surface area contributed by atoms with Crippen molar-refractivity contribution in [3.05, 3.63) is 16.5 Å². The fraction of sp³-hybridized carbons (Fsp3) is 0.923. The number of hydrogen-bond acceptors (Lipinski definition) is 4. The molecule has 0 amide bonds. The number of rotatable bonds is 8. The van der Waals surface area contributed by atoms with Crippen molar-refractivity contribution in [3.63, 3.8) is 0 Å². The third-order valence-electron chi connectivity index (χ3n) is 2.66. The van der Waals surface area contributed by atoms with E-state index in [1.54, 1.807) is 0 Å². The Morgan fingerprint density at radius 2 is 0.571 bits per heavy atom. The number of hydrogen-bond donors (Lipinski definition) is 0. The molecule has 5 nitrogen and oxygen atoms in total. The summed E-state index contributed by atoms with van der Waals surface area (Å²) in [6, 6.07) is 0. The molecule has 0 atom stereocenters. The predicted octanol–water partition coefficient (Wildman–Crippen LogP) is 3.49. The Bertz CT molecular complexity index is 316. The van der Waals surface area contributed by atoms with E-state index in [1.807, 2.05) is 0 Å². The summed E-state index contributed by atoms with van der Waals surface area (Å²) in [6.45, 7) is 30.9. The zero-order valence-electron chi connectivity index (χ0n) is 28.8. The molecule has 9 heteroatoms. The molecule has 0 aromatic carbocycles. The van der Waals surface area contributed by atoms with Crippen molar-refractivity contribution in [1.82, 2.24) is 19.6 Å². The smallest absolute Gasteiger partial charge is 0.668 e. The van der Waals surface area contributed by atoms with Crippen molar-refractivity contribution in [2.45, 2.75) is 80.8 Å². The first-order chi connectivity index (χ1) is 14.4. The summed E-state index contributed by atoms with van der Waals surface area (Å²) >= 11 is 0. The van der Waals surface area contributed by atoms with Crippen molar-refractivity contribution in [2.24, 2.45) is 0 Å². The van der Waals surface area contributed by atoms with Gasteiger partial charge >= 0.3 is 49.0 Å². The van der Waals surface area contributed by atoms with Crippen LogP contribution in [0.15, 0.2) is 0 Å². The standard InChI is InChI=1S/2C6H16N2.C6H18NSi2.2C4H9.Na.Zn/c2*1-7(2)5-6-8(3)4;1-8(2,3)7-9(4,5)6;2*1-4(2)3;;/h2*5-6H2,1-4H3;1-6H3;2*1-3H3;;/q;;3*-1;+1;+2. The van der Waals surface area contributed by atoms with Crippen LogP contribution in [0.5, 0.6) is 0 Å². The fourth-order valence-corrected chi connectivity index (χ4v) is 9.86. The normalized spacial score (nSPS) is 10.8. The van der Waals surface area contributed by atoms with Crippen LogP contribution in [0.4, 0.5) is 0 Å². The van der Waals surface area contributed by atoms with Gasteiger partial charge in [-0.1, -0.05) is 55.8 Å².